The number of likely N-dealkylation sites (tertiary alicyclic amines) is 1. The standard InChI is InChI=1S/C22H24N2O3/c25-20(16-23-21(26)18-7-2-1-3-8-18)24-14-12-22(13-15-24)11-10-17-6-4-5-9-19(17)27-22/h1-9H,10-16H2,(H,23,26). The van der Waals surface area contributed by atoms with Crippen LogP contribution in [0.1, 0.15) is 35.2 Å². The summed E-state index contributed by atoms with van der Waals surface area (Å²) in [7, 11) is 0. The minimum absolute atomic E-state index is 0.0322. The highest BCUT2D eigenvalue weighted by atomic mass is 16.5. The van der Waals surface area contributed by atoms with Crippen LogP contribution in [0.25, 0.3) is 0 Å². The van der Waals surface area contributed by atoms with Gasteiger partial charge in [-0.3, -0.25) is 9.59 Å². The Morgan fingerprint density at radius 1 is 0.963 bits per heavy atom. The van der Waals surface area contributed by atoms with E-state index in [1.54, 1.807) is 12.1 Å². The molecule has 27 heavy (non-hydrogen) atoms. The molecule has 0 radical (unpaired) electrons. The Morgan fingerprint density at radius 2 is 1.67 bits per heavy atom. The molecule has 5 heteroatoms. The number of para-hydroxylation sites is 1. The van der Waals surface area contributed by atoms with Gasteiger partial charge >= 0.3 is 0 Å². The molecule has 1 spiro atoms. The first-order valence-electron chi connectivity index (χ1n) is 9.53. The number of hydrogen-bond donors (Lipinski definition) is 1. The van der Waals surface area contributed by atoms with Gasteiger partial charge in [-0.15, -0.1) is 0 Å². The lowest BCUT2D eigenvalue weighted by Crippen LogP contribution is -2.52. The highest BCUT2D eigenvalue weighted by Crippen LogP contribution is 2.39. The van der Waals surface area contributed by atoms with Crippen LogP contribution in [0.4, 0.5) is 0 Å². The fourth-order valence-electron chi connectivity index (χ4n) is 3.93. The normalized spacial score (nSPS) is 17.7. The van der Waals surface area contributed by atoms with Gasteiger partial charge in [-0.25, -0.2) is 0 Å². The molecule has 2 aliphatic rings. The molecule has 0 atom stereocenters. The maximum absolute atomic E-state index is 12.5. The largest absolute Gasteiger partial charge is 0.487 e. The van der Waals surface area contributed by atoms with Crippen molar-refractivity contribution in [2.75, 3.05) is 19.6 Å². The lowest BCUT2D eigenvalue weighted by atomic mass is 9.83. The van der Waals surface area contributed by atoms with Crippen LogP contribution in [0.2, 0.25) is 0 Å². The Bertz CT molecular complexity index is 826. The van der Waals surface area contributed by atoms with Crippen LogP contribution in [0.15, 0.2) is 54.6 Å². The van der Waals surface area contributed by atoms with Crippen molar-refractivity contribution in [3.05, 3.63) is 65.7 Å². The smallest absolute Gasteiger partial charge is 0.251 e. The van der Waals surface area contributed by atoms with Crippen LogP contribution in [-0.2, 0) is 11.2 Å². The molecule has 140 valence electrons. The van der Waals surface area contributed by atoms with Crippen molar-refractivity contribution in [2.24, 2.45) is 0 Å². The number of ether oxygens (including phenoxy) is 1. The first kappa shape index (κ1) is 17.6. The van der Waals surface area contributed by atoms with Gasteiger partial charge in [0.15, 0.2) is 0 Å². The predicted octanol–water partition coefficient (Wildman–Crippen LogP) is 2.80. The number of aryl methyl sites for hydroxylation is 1. The molecule has 0 bridgehead atoms. The molecule has 2 aliphatic heterocycles. The number of amides is 2. The molecule has 1 saturated heterocycles. The zero-order valence-corrected chi connectivity index (χ0v) is 15.3. The fourth-order valence-corrected chi connectivity index (χ4v) is 3.93. The highest BCUT2D eigenvalue weighted by Gasteiger charge is 2.40. The monoisotopic (exact) mass is 364 g/mol. The Balaban J connectivity index is 1.29. The van der Waals surface area contributed by atoms with Crippen LogP contribution >= 0.6 is 0 Å². The third-order valence-electron chi connectivity index (χ3n) is 5.61. The van der Waals surface area contributed by atoms with Crippen LogP contribution in [0, 0.1) is 0 Å². The second-order valence-corrected chi connectivity index (χ2v) is 7.32. The number of benzene rings is 2. The number of fused-ring (bicyclic) bond motifs is 1. The number of rotatable bonds is 3. The Kier molecular flexibility index (Phi) is 4.84. The van der Waals surface area contributed by atoms with E-state index in [9.17, 15) is 9.59 Å². The summed E-state index contributed by atoms with van der Waals surface area (Å²) in [4.78, 5) is 26.4. The van der Waals surface area contributed by atoms with Gasteiger partial charge in [-0.1, -0.05) is 36.4 Å². The Hall–Kier alpha value is -2.82. The van der Waals surface area contributed by atoms with Crippen molar-refractivity contribution in [1.82, 2.24) is 10.2 Å². The molecule has 1 N–H and O–H groups in total. The molecule has 2 aromatic rings. The number of nitrogens with one attached hydrogen (secondary N) is 1. The van der Waals surface area contributed by atoms with Crippen molar-refractivity contribution in [2.45, 2.75) is 31.3 Å². The van der Waals surface area contributed by atoms with Crippen molar-refractivity contribution < 1.29 is 14.3 Å². The van der Waals surface area contributed by atoms with Gasteiger partial charge in [-0.2, -0.15) is 0 Å². The third-order valence-corrected chi connectivity index (χ3v) is 5.61. The van der Waals surface area contributed by atoms with E-state index in [1.165, 1.54) is 5.56 Å². The molecule has 2 amide bonds. The van der Waals surface area contributed by atoms with Gasteiger partial charge < -0.3 is 15.0 Å². The van der Waals surface area contributed by atoms with Crippen LogP contribution in [0.3, 0.4) is 0 Å². The van der Waals surface area contributed by atoms with Gasteiger partial charge in [0.05, 0.1) is 6.54 Å². The summed E-state index contributed by atoms with van der Waals surface area (Å²) < 4.78 is 6.34. The quantitative estimate of drug-likeness (QED) is 0.911. The van der Waals surface area contributed by atoms with Crippen LogP contribution in [0.5, 0.6) is 5.75 Å². The molecule has 5 nitrogen and oxygen atoms in total. The molecule has 4 rings (SSSR count). The fraction of sp³-hybridized carbons (Fsp3) is 0.364. The Morgan fingerprint density at radius 3 is 2.44 bits per heavy atom. The molecule has 1 fully saturated rings. The number of carbonyl (C=O) groups excluding carboxylic acids is 2. The van der Waals surface area contributed by atoms with Gasteiger partial charge in [0, 0.05) is 31.5 Å². The summed E-state index contributed by atoms with van der Waals surface area (Å²) in [6.45, 7) is 1.37. The average Bonchev–Trinajstić information content (AvgIpc) is 2.73. The summed E-state index contributed by atoms with van der Waals surface area (Å²) in [6.07, 6.45) is 3.69. The molecule has 2 aromatic carbocycles. The average molecular weight is 364 g/mol. The summed E-state index contributed by atoms with van der Waals surface area (Å²) in [6, 6.07) is 17.2. The van der Waals surface area contributed by atoms with E-state index in [0.717, 1.165) is 31.4 Å². The topological polar surface area (TPSA) is 58.6 Å². The van der Waals surface area contributed by atoms with Crippen LogP contribution < -0.4 is 10.1 Å². The second kappa shape index (κ2) is 7.43. The molecule has 0 aliphatic carbocycles. The predicted molar refractivity (Wildman–Crippen MR) is 103 cm³/mol. The summed E-state index contributed by atoms with van der Waals surface area (Å²) in [5, 5.41) is 2.72. The molecule has 0 aromatic heterocycles. The van der Waals surface area contributed by atoms with Crippen LogP contribution in [-0.4, -0.2) is 41.9 Å². The van der Waals surface area contributed by atoms with E-state index in [1.807, 2.05) is 41.3 Å². The lowest BCUT2D eigenvalue weighted by Gasteiger charge is -2.44. The van der Waals surface area contributed by atoms with Gasteiger partial charge in [-0.05, 0) is 36.6 Å². The first-order chi connectivity index (χ1) is 13.2. The van der Waals surface area contributed by atoms with Gasteiger partial charge in [0.25, 0.3) is 5.91 Å². The number of nitrogens with zero attached hydrogens (tertiary/aromatic N) is 1. The Labute approximate surface area is 159 Å². The summed E-state index contributed by atoms with van der Waals surface area (Å²) >= 11 is 0. The molecule has 2 heterocycles. The number of piperidine rings is 1. The van der Waals surface area contributed by atoms with E-state index < -0.39 is 0 Å². The molecule has 0 saturated carbocycles. The van der Waals surface area contributed by atoms with E-state index in [4.69, 9.17) is 4.74 Å². The lowest BCUT2D eigenvalue weighted by molar-refractivity contribution is -0.134. The van der Waals surface area contributed by atoms with Crippen molar-refractivity contribution in [1.29, 1.82) is 0 Å². The zero-order chi connectivity index (χ0) is 18.7. The third kappa shape index (κ3) is 3.82. The summed E-state index contributed by atoms with van der Waals surface area (Å²) in [5.74, 6) is 0.730. The number of hydrogen-bond acceptors (Lipinski definition) is 3. The van der Waals surface area contributed by atoms with Gasteiger partial charge in [0.2, 0.25) is 5.91 Å². The minimum Gasteiger partial charge on any atom is -0.487 e. The van der Waals surface area contributed by atoms with E-state index >= 15 is 0 Å². The van der Waals surface area contributed by atoms with E-state index in [0.29, 0.717) is 18.7 Å². The summed E-state index contributed by atoms with van der Waals surface area (Å²) in [5.41, 5.74) is 1.68. The molecular formula is C22H24N2O3. The highest BCUT2D eigenvalue weighted by molar-refractivity contribution is 5.96. The first-order valence-corrected chi connectivity index (χ1v) is 9.53. The zero-order valence-electron chi connectivity index (χ0n) is 15.3. The van der Waals surface area contributed by atoms with E-state index in [-0.39, 0.29) is 24.0 Å². The maximum atomic E-state index is 12.5. The number of carbonyl (C=O) groups is 2. The minimum atomic E-state index is -0.218. The van der Waals surface area contributed by atoms with E-state index in [2.05, 4.69) is 11.4 Å². The van der Waals surface area contributed by atoms with Gasteiger partial charge in [0.1, 0.15) is 11.4 Å². The van der Waals surface area contributed by atoms with Crippen molar-refractivity contribution in [3.8, 4) is 5.75 Å². The SMILES string of the molecule is O=C(NCC(=O)N1CCC2(CCc3ccccc3O2)CC1)c1ccccc1. The second-order valence-electron chi connectivity index (χ2n) is 7.32. The maximum Gasteiger partial charge on any atom is 0.251 e. The molecular weight excluding hydrogens is 340 g/mol. The molecule has 0 unspecified atom stereocenters. The van der Waals surface area contributed by atoms with Crippen molar-refractivity contribution >= 4 is 11.8 Å². The van der Waals surface area contributed by atoms with Crippen molar-refractivity contribution in [3.63, 3.8) is 0 Å².